The first kappa shape index (κ1) is 17.0. The normalized spacial score (nSPS) is 28.0. The van der Waals surface area contributed by atoms with E-state index in [-0.39, 0.29) is 17.5 Å². The van der Waals surface area contributed by atoms with E-state index in [1.54, 1.807) is 0 Å². The summed E-state index contributed by atoms with van der Waals surface area (Å²) in [5.41, 5.74) is 0. The molecule has 1 atom stereocenters. The smallest absolute Gasteiger partial charge is 0.312 e. The van der Waals surface area contributed by atoms with Gasteiger partial charge in [0.1, 0.15) is 0 Å². The maximum atomic E-state index is 12.3. The Balaban J connectivity index is 1.59. The average Bonchev–Trinajstić information content (AvgIpc) is 2.69. The van der Waals surface area contributed by atoms with Crippen LogP contribution in [0.4, 0.5) is 13.2 Å². The Morgan fingerprint density at radius 2 is 1.71 bits per heavy atom. The fourth-order valence-electron chi connectivity index (χ4n) is 2.81. The molecule has 2 aliphatic rings. The van der Waals surface area contributed by atoms with Crippen LogP contribution in [0.1, 0.15) is 6.42 Å². The van der Waals surface area contributed by atoms with Crippen LogP contribution < -0.4 is 5.32 Å². The Kier molecular flexibility index (Phi) is 5.50. The minimum Gasteiger partial charge on any atom is -0.312 e. The molecule has 0 aromatic heterocycles. The van der Waals surface area contributed by atoms with Crippen LogP contribution in [0.5, 0.6) is 0 Å². The second-order valence-corrected chi connectivity index (χ2v) is 8.02. The molecule has 0 aliphatic carbocycles. The molecule has 124 valence electrons. The van der Waals surface area contributed by atoms with Crippen LogP contribution in [0.15, 0.2) is 0 Å². The van der Waals surface area contributed by atoms with Gasteiger partial charge in [0.25, 0.3) is 0 Å². The summed E-state index contributed by atoms with van der Waals surface area (Å²) in [7, 11) is -2.86. The van der Waals surface area contributed by atoms with Crippen molar-refractivity contribution in [1.82, 2.24) is 15.1 Å². The fraction of sp³-hybridized carbons (Fsp3) is 1.00. The first-order valence-electron chi connectivity index (χ1n) is 7.19. The second kappa shape index (κ2) is 6.80. The molecule has 9 heteroatoms. The lowest BCUT2D eigenvalue weighted by atomic mass is 10.2. The van der Waals surface area contributed by atoms with E-state index in [0.29, 0.717) is 39.1 Å². The summed E-state index contributed by atoms with van der Waals surface area (Å²) in [6.45, 7) is 2.70. The van der Waals surface area contributed by atoms with Crippen molar-refractivity contribution in [3.8, 4) is 0 Å². The standard InChI is InChI=1S/C12H22F3N3O2S/c13-12(14,15)10-18-6-4-17(5-7-18)3-2-16-11-1-8-21(19,20)9-11/h11,16H,1-10H2. The first-order chi connectivity index (χ1) is 9.73. The Morgan fingerprint density at radius 3 is 2.24 bits per heavy atom. The van der Waals surface area contributed by atoms with Crippen molar-refractivity contribution < 1.29 is 21.6 Å². The van der Waals surface area contributed by atoms with Gasteiger partial charge >= 0.3 is 6.18 Å². The van der Waals surface area contributed by atoms with E-state index in [4.69, 9.17) is 0 Å². The first-order valence-corrected chi connectivity index (χ1v) is 9.01. The number of nitrogens with zero attached hydrogens (tertiary/aromatic N) is 2. The topological polar surface area (TPSA) is 52.7 Å². The second-order valence-electron chi connectivity index (χ2n) is 5.79. The Hall–Kier alpha value is -0.380. The summed E-state index contributed by atoms with van der Waals surface area (Å²) in [5.74, 6) is 0.452. The molecule has 2 rings (SSSR count). The number of hydrogen-bond donors (Lipinski definition) is 1. The van der Waals surface area contributed by atoms with Gasteiger partial charge in [-0.05, 0) is 6.42 Å². The minimum atomic E-state index is -4.13. The molecule has 0 aromatic carbocycles. The molecular formula is C12H22F3N3O2S. The van der Waals surface area contributed by atoms with Crippen LogP contribution in [-0.4, -0.2) is 87.8 Å². The zero-order valence-corrected chi connectivity index (χ0v) is 12.7. The summed E-state index contributed by atoms with van der Waals surface area (Å²) in [5, 5.41) is 3.22. The molecule has 1 N–H and O–H groups in total. The van der Waals surface area contributed by atoms with Crippen molar-refractivity contribution in [3.63, 3.8) is 0 Å². The van der Waals surface area contributed by atoms with Crippen LogP contribution in [0.3, 0.4) is 0 Å². The highest BCUT2D eigenvalue weighted by Crippen LogP contribution is 2.17. The van der Waals surface area contributed by atoms with Gasteiger partial charge in [-0.15, -0.1) is 0 Å². The van der Waals surface area contributed by atoms with Crippen LogP contribution in [0.2, 0.25) is 0 Å². The van der Waals surface area contributed by atoms with Crippen LogP contribution in [-0.2, 0) is 9.84 Å². The largest absolute Gasteiger partial charge is 0.401 e. The predicted molar refractivity (Wildman–Crippen MR) is 74.0 cm³/mol. The number of sulfone groups is 1. The highest BCUT2D eigenvalue weighted by molar-refractivity contribution is 7.91. The number of nitrogens with one attached hydrogen (secondary N) is 1. The van der Waals surface area contributed by atoms with Crippen LogP contribution in [0, 0.1) is 0 Å². The average molecular weight is 329 g/mol. The number of piperazine rings is 1. The van der Waals surface area contributed by atoms with E-state index in [1.165, 1.54) is 4.90 Å². The number of hydrogen-bond acceptors (Lipinski definition) is 5. The molecule has 21 heavy (non-hydrogen) atoms. The molecule has 2 fully saturated rings. The van der Waals surface area contributed by atoms with E-state index in [0.717, 1.165) is 6.54 Å². The summed E-state index contributed by atoms with van der Waals surface area (Å²) in [6.07, 6.45) is -3.47. The van der Waals surface area contributed by atoms with Gasteiger partial charge in [-0.25, -0.2) is 8.42 Å². The lowest BCUT2D eigenvalue weighted by molar-refractivity contribution is -0.149. The van der Waals surface area contributed by atoms with E-state index in [9.17, 15) is 21.6 Å². The predicted octanol–water partition coefficient (Wildman–Crippen LogP) is -0.0570. The third-order valence-corrected chi connectivity index (χ3v) is 5.73. The quantitative estimate of drug-likeness (QED) is 0.766. The number of alkyl halides is 3. The molecule has 0 spiro atoms. The number of rotatable bonds is 5. The minimum absolute atomic E-state index is 0.0292. The van der Waals surface area contributed by atoms with Gasteiger partial charge < -0.3 is 5.32 Å². The van der Waals surface area contributed by atoms with Gasteiger partial charge in [0, 0.05) is 45.3 Å². The van der Waals surface area contributed by atoms with Gasteiger partial charge in [-0.3, -0.25) is 9.80 Å². The molecule has 2 saturated heterocycles. The maximum Gasteiger partial charge on any atom is 0.401 e. The zero-order valence-electron chi connectivity index (χ0n) is 11.9. The van der Waals surface area contributed by atoms with Crippen molar-refractivity contribution >= 4 is 9.84 Å². The third-order valence-electron chi connectivity index (χ3n) is 3.96. The van der Waals surface area contributed by atoms with Gasteiger partial charge in [-0.2, -0.15) is 13.2 Å². The third kappa shape index (κ3) is 6.09. The van der Waals surface area contributed by atoms with Crippen molar-refractivity contribution in [2.75, 3.05) is 57.3 Å². The summed E-state index contributed by atoms with van der Waals surface area (Å²) >= 11 is 0. The van der Waals surface area contributed by atoms with Gasteiger partial charge in [0.2, 0.25) is 0 Å². The van der Waals surface area contributed by atoms with E-state index in [2.05, 4.69) is 10.2 Å². The van der Waals surface area contributed by atoms with E-state index < -0.39 is 22.6 Å². The molecular weight excluding hydrogens is 307 g/mol. The summed E-state index contributed by atoms with van der Waals surface area (Å²) in [4.78, 5) is 3.54. The van der Waals surface area contributed by atoms with Gasteiger partial charge in [-0.1, -0.05) is 0 Å². The molecule has 0 amide bonds. The van der Waals surface area contributed by atoms with Crippen molar-refractivity contribution in [2.24, 2.45) is 0 Å². The van der Waals surface area contributed by atoms with Crippen LogP contribution >= 0.6 is 0 Å². The number of halogens is 3. The lowest BCUT2D eigenvalue weighted by Gasteiger charge is -2.35. The highest BCUT2D eigenvalue weighted by atomic mass is 32.2. The lowest BCUT2D eigenvalue weighted by Crippen LogP contribution is -2.50. The maximum absolute atomic E-state index is 12.3. The van der Waals surface area contributed by atoms with E-state index >= 15 is 0 Å². The van der Waals surface area contributed by atoms with Gasteiger partial charge in [0.05, 0.1) is 18.1 Å². The Labute approximate surface area is 123 Å². The zero-order chi connectivity index (χ0) is 15.5. The summed E-state index contributed by atoms with van der Waals surface area (Å²) in [6, 6.07) is 0.0292. The van der Waals surface area contributed by atoms with Gasteiger partial charge in [0.15, 0.2) is 9.84 Å². The molecule has 1 unspecified atom stereocenters. The molecule has 0 aromatic rings. The van der Waals surface area contributed by atoms with Crippen molar-refractivity contribution in [3.05, 3.63) is 0 Å². The SMILES string of the molecule is O=S1(=O)CCC(NCCN2CCN(CC(F)(F)F)CC2)C1. The van der Waals surface area contributed by atoms with E-state index in [1.807, 2.05) is 0 Å². The molecule has 0 radical (unpaired) electrons. The molecule has 2 aliphatic heterocycles. The highest BCUT2D eigenvalue weighted by Gasteiger charge is 2.32. The monoisotopic (exact) mass is 329 g/mol. The fourth-order valence-corrected chi connectivity index (χ4v) is 4.52. The Bertz CT molecular complexity index is 434. The van der Waals surface area contributed by atoms with Crippen molar-refractivity contribution in [1.29, 1.82) is 0 Å². The molecule has 0 bridgehead atoms. The molecule has 2 heterocycles. The Morgan fingerprint density at radius 1 is 1.10 bits per heavy atom. The molecule has 0 saturated carbocycles. The molecule has 5 nitrogen and oxygen atoms in total. The van der Waals surface area contributed by atoms with Crippen molar-refractivity contribution in [2.45, 2.75) is 18.6 Å². The van der Waals surface area contributed by atoms with Crippen LogP contribution in [0.25, 0.3) is 0 Å². The summed E-state index contributed by atoms with van der Waals surface area (Å²) < 4.78 is 59.4.